The van der Waals surface area contributed by atoms with Crippen LogP contribution in [0, 0.1) is 0 Å². The lowest BCUT2D eigenvalue weighted by Crippen LogP contribution is -2.62. The monoisotopic (exact) mass is 415 g/mol. The first kappa shape index (κ1) is 21.2. The smallest absolute Gasteiger partial charge is 0.231 e. The molecular weight excluding hydrogens is 378 g/mol. The van der Waals surface area contributed by atoms with Crippen molar-refractivity contribution in [3.05, 3.63) is 23.8 Å². The molecule has 2 fully saturated rings. The number of benzene rings is 1. The Hall–Kier alpha value is -1.99. The first-order valence-corrected chi connectivity index (χ1v) is 11.5. The van der Waals surface area contributed by atoms with Crippen molar-refractivity contribution in [1.29, 1.82) is 0 Å². The highest BCUT2D eigenvalue weighted by Gasteiger charge is 2.39. The highest BCUT2D eigenvalue weighted by atomic mass is 16.7. The minimum Gasteiger partial charge on any atom is -0.454 e. The standard InChI is InChI=1S/C23H37N5O2/c1-24-22(25-11-8-19-6-7-20-21(16-19)30-18-29-20)26-17-23(9-14-27(2)15-10-23)28-12-4-3-5-13-28/h6-7,16H,3-5,8-15,17-18H2,1-2H3,(H2,24,25,26). The molecule has 0 amide bonds. The number of ether oxygens (including phenoxy) is 2. The molecule has 0 aliphatic carbocycles. The van der Waals surface area contributed by atoms with Crippen LogP contribution in [0.25, 0.3) is 0 Å². The number of hydrogen-bond donors (Lipinski definition) is 2. The van der Waals surface area contributed by atoms with E-state index in [0.717, 1.165) is 37.0 Å². The fourth-order valence-corrected chi connectivity index (χ4v) is 4.90. The van der Waals surface area contributed by atoms with E-state index in [1.165, 1.54) is 63.8 Å². The molecule has 4 rings (SSSR count). The van der Waals surface area contributed by atoms with Crippen LogP contribution < -0.4 is 20.1 Å². The van der Waals surface area contributed by atoms with Crippen LogP contribution in [0.5, 0.6) is 11.5 Å². The summed E-state index contributed by atoms with van der Waals surface area (Å²) in [5.41, 5.74) is 1.49. The Bertz CT molecular complexity index is 724. The summed E-state index contributed by atoms with van der Waals surface area (Å²) >= 11 is 0. The predicted molar refractivity (Wildman–Crippen MR) is 121 cm³/mol. The second-order valence-electron chi connectivity index (χ2n) is 8.87. The van der Waals surface area contributed by atoms with Crippen LogP contribution in [0.4, 0.5) is 0 Å². The first-order chi connectivity index (χ1) is 14.7. The number of piperidine rings is 2. The van der Waals surface area contributed by atoms with Crippen LogP contribution in [0.3, 0.4) is 0 Å². The number of aliphatic imine (C=N–C) groups is 1. The van der Waals surface area contributed by atoms with Crippen molar-refractivity contribution in [3.8, 4) is 11.5 Å². The van der Waals surface area contributed by atoms with Gasteiger partial charge < -0.3 is 25.0 Å². The Morgan fingerprint density at radius 2 is 1.80 bits per heavy atom. The summed E-state index contributed by atoms with van der Waals surface area (Å²) in [6.07, 6.45) is 7.41. The second kappa shape index (κ2) is 9.88. The Morgan fingerprint density at radius 3 is 2.57 bits per heavy atom. The normalized spacial score (nSPS) is 22.1. The fraction of sp³-hybridized carbons (Fsp3) is 0.696. The van der Waals surface area contributed by atoms with Crippen LogP contribution in [0.1, 0.15) is 37.7 Å². The molecule has 0 radical (unpaired) electrons. The van der Waals surface area contributed by atoms with Gasteiger partial charge in [-0.25, -0.2) is 0 Å². The summed E-state index contributed by atoms with van der Waals surface area (Å²) in [4.78, 5) is 9.69. The van der Waals surface area contributed by atoms with Gasteiger partial charge >= 0.3 is 0 Å². The van der Waals surface area contributed by atoms with Crippen LogP contribution in [-0.2, 0) is 6.42 Å². The molecule has 166 valence electrons. The highest BCUT2D eigenvalue weighted by molar-refractivity contribution is 5.79. The highest BCUT2D eigenvalue weighted by Crippen LogP contribution is 2.33. The molecule has 7 nitrogen and oxygen atoms in total. The lowest BCUT2D eigenvalue weighted by Gasteiger charge is -2.50. The predicted octanol–water partition coefficient (Wildman–Crippen LogP) is 2.07. The molecule has 0 spiro atoms. The van der Waals surface area contributed by atoms with Crippen molar-refractivity contribution in [3.63, 3.8) is 0 Å². The SMILES string of the molecule is CN=C(NCCc1ccc2c(c1)OCO2)NCC1(N2CCCCC2)CCN(C)CC1. The zero-order valence-electron chi connectivity index (χ0n) is 18.6. The van der Waals surface area contributed by atoms with Gasteiger partial charge in [-0.3, -0.25) is 9.89 Å². The molecule has 7 heteroatoms. The average molecular weight is 416 g/mol. The van der Waals surface area contributed by atoms with Crippen molar-refractivity contribution in [2.75, 3.05) is 60.2 Å². The number of nitrogens with one attached hydrogen (secondary N) is 2. The largest absolute Gasteiger partial charge is 0.454 e. The third-order valence-corrected chi connectivity index (χ3v) is 6.90. The fourth-order valence-electron chi connectivity index (χ4n) is 4.90. The summed E-state index contributed by atoms with van der Waals surface area (Å²) < 4.78 is 10.9. The van der Waals surface area contributed by atoms with Gasteiger partial charge in [0.1, 0.15) is 0 Å². The van der Waals surface area contributed by atoms with E-state index in [1.807, 2.05) is 13.1 Å². The van der Waals surface area contributed by atoms with Gasteiger partial charge in [-0.05, 0) is 83.0 Å². The van der Waals surface area contributed by atoms with Gasteiger partial charge in [0.05, 0.1) is 0 Å². The molecule has 1 aromatic rings. The van der Waals surface area contributed by atoms with Crippen molar-refractivity contribution in [2.45, 2.75) is 44.1 Å². The molecule has 3 heterocycles. The Labute approximate surface area is 180 Å². The maximum atomic E-state index is 5.48. The lowest BCUT2D eigenvalue weighted by molar-refractivity contribution is 0.0173. The lowest BCUT2D eigenvalue weighted by atomic mass is 9.84. The van der Waals surface area contributed by atoms with Gasteiger partial charge in [0.15, 0.2) is 17.5 Å². The number of rotatable bonds is 6. The number of hydrogen-bond acceptors (Lipinski definition) is 5. The van der Waals surface area contributed by atoms with Gasteiger partial charge in [0, 0.05) is 25.7 Å². The van der Waals surface area contributed by atoms with E-state index in [-0.39, 0.29) is 5.54 Å². The second-order valence-corrected chi connectivity index (χ2v) is 8.87. The molecule has 0 saturated carbocycles. The average Bonchev–Trinajstić information content (AvgIpc) is 3.26. The minimum absolute atomic E-state index is 0.252. The van der Waals surface area contributed by atoms with E-state index < -0.39 is 0 Å². The minimum atomic E-state index is 0.252. The summed E-state index contributed by atoms with van der Waals surface area (Å²) in [6.45, 7) is 6.94. The van der Waals surface area contributed by atoms with Crippen molar-refractivity contribution in [2.24, 2.45) is 4.99 Å². The number of likely N-dealkylation sites (tertiary alicyclic amines) is 2. The van der Waals surface area contributed by atoms with E-state index in [2.05, 4.69) is 44.6 Å². The van der Waals surface area contributed by atoms with Crippen LogP contribution in [-0.4, -0.2) is 81.5 Å². The van der Waals surface area contributed by atoms with Crippen LogP contribution >= 0.6 is 0 Å². The molecule has 0 unspecified atom stereocenters. The molecule has 0 bridgehead atoms. The summed E-state index contributed by atoms with van der Waals surface area (Å²) in [5.74, 6) is 2.58. The summed E-state index contributed by atoms with van der Waals surface area (Å²) in [6, 6.07) is 6.17. The molecule has 30 heavy (non-hydrogen) atoms. The summed E-state index contributed by atoms with van der Waals surface area (Å²) in [5, 5.41) is 7.15. The zero-order chi connectivity index (χ0) is 20.8. The van der Waals surface area contributed by atoms with E-state index in [0.29, 0.717) is 6.79 Å². The number of nitrogens with zero attached hydrogens (tertiary/aromatic N) is 3. The molecule has 3 aliphatic rings. The Kier molecular flexibility index (Phi) is 7.00. The van der Waals surface area contributed by atoms with Gasteiger partial charge in [-0.15, -0.1) is 0 Å². The number of guanidine groups is 1. The first-order valence-electron chi connectivity index (χ1n) is 11.5. The van der Waals surface area contributed by atoms with Gasteiger partial charge in [0.25, 0.3) is 0 Å². The van der Waals surface area contributed by atoms with E-state index >= 15 is 0 Å². The Balaban J connectivity index is 1.29. The van der Waals surface area contributed by atoms with E-state index in [1.54, 1.807) is 0 Å². The van der Waals surface area contributed by atoms with Crippen LogP contribution in [0.2, 0.25) is 0 Å². The molecule has 0 atom stereocenters. The zero-order valence-corrected chi connectivity index (χ0v) is 18.6. The maximum absolute atomic E-state index is 5.48. The van der Waals surface area contributed by atoms with Gasteiger partial charge in [-0.1, -0.05) is 12.5 Å². The quantitative estimate of drug-likeness (QED) is 0.548. The van der Waals surface area contributed by atoms with E-state index in [9.17, 15) is 0 Å². The molecular formula is C23H37N5O2. The molecule has 1 aromatic carbocycles. The van der Waals surface area contributed by atoms with Gasteiger partial charge in [0.2, 0.25) is 6.79 Å². The van der Waals surface area contributed by atoms with E-state index in [4.69, 9.17) is 9.47 Å². The van der Waals surface area contributed by atoms with Crippen molar-refractivity contribution < 1.29 is 9.47 Å². The third-order valence-electron chi connectivity index (χ3n) is 6.90. The molecule has 0 aromatic heterocycles. The van der Waals surface area contributed by atoms with Crippen LogP contribution in [0.15, 0.2) is 23.2 Å². The topological polar surface area (TPSA) is 61.4 Å². The molecule has 2 saturated heterocycles. The third kappa shape index (κ3) is 5.01. The number of fused-ring (bicyclic) bond motifs is 1. The molecule has 3 aliphatic heterocycles. The van der Waals surface area contributed by atoms with Crippen molar-refractivity contribution in [1.82, 2.24) is 20.4 Å². The van der Waals surface area contributed by atoms with Gasteiger partial charge in [-0.2, -0.15) is 0 Å². The molecule has 2 N–H and O–H groups in total. The maximum Gasteiger partial charge on any atom is 0.231 e. The van der Waals surface area contributed by atoms with Crippen molar-refractivity contribution >= 4 is 5.96 Å². The summed E-state index contributed by atoms with van der Waals surface area (Å²) in [7, 11) is 4.10. The Morgan fingerprint density at radius 1 is 1.03 bits per heavy atom.